The molecule has 2 saturated heterocycles. The van der Waals surface area contributed by atoms with E-state index < -0.39 is 0 Å². The number of unbranched alkanes of at least 4 members (excludes halogenated alkanes) is 1. The zero-order chi connectivity index (χ0) is 22.4. The van der Waals surface area contributed by atoms with E-state index in [1.54, 1.807) is 0 Å². The molecule has 0 unspecified atom stereocenters. The normalized spacial score (nSPS) is 17.8. The predicted octanol–water partition coefficient (Wildman–Crippen LogP) is 2.77. The third-order valence-corrected chi connectivity index (χ3v) is 6.28. The lowest BCUT2D eigenvalue weighted by Gasteiger charge is -2.34. The van der Waals surface area contributed by atoms with Crippen molar-refractivity contribution in [2.75, 3.05) is 65.4 Å². The van der Waals surface area contributed by atoms with Gasteiger partial charge in [0, 0.05) is 71.9 Å². The summed E-state index contributed by atoms with van der Waals surface area (Å²) >= 11 is 0. The number of carbonyl (C=O) groups excluding carboxylic acids is 1. The lowest BCUT2D eigenvalue weighted by molar-refractivity contribution is -0.127. The number of nitrogens with one attached hydrogen (secondary N) is 2. The van der Waals surface area contributed by atoms with Crippen LogP contribution < -0.4 is 10.6 Å². The van der Waals surface area contributed by atoms with Crippen LogP contribution in [0.4, 0.5) is 0 Å². The van der Waals surface area contributed by atoms with Gasteiger partial charge in [-0.05, 0) is 44.7 Å². The zero-order valence-electron chi connectivity index (χ0n) is 20.3. The van der Waals surface area contributed by atoms with Crippen molar-refractivity contribution >= 4 is 35.8 Å². The van der Waals surface area contributed by atoms with E-state index in [4.69, 9.17) is 0 Å². The highest BCUT2D eigenvalue weighted by molar-refractivity contribution is 14.0. The molecule has 1 aromatic rings. The minimum absolute atomic E-state index is 0. The number of piperazine rings is 1. The Labute approximate surface area is 217 Å². The van der Waals surface area contributed by atoms with Crippen LogP contribution in [0.1, 0.15) is 44.6 Å². The molecule has 2 aliphatic rings. The second kappa shape index (κ2) is 16.3. The van der Waals surface area contributed by atoms with Crippen LogP contribution in [-0.4, -0.2) is 92.0 Å². The quantitative estimate of drug-likeness (QED) is 0.175. The number of nitrogens with zero attached hydrogens (tertiary/aromatic N) is 4. The average Bonchev–Trinajstić information content (AvgIpc) is 3.22. The fourth-order valence-corrected chi connectivity index (χ4v) is 4.41. The molecular formula is C25H43IN6O. The van der Waals surface area contributed by atoms with Crippen LogP contribution in [0.3, 0.4) is 0 Å². The first kappa shape index (κ1) is 27.9. The van der Waals surface area contributed by atoms with Gasteiger partial charge in [-0.3, -0.25) is 14.7 Å². The van der Waals surface area contributed by atoms with E-state index in [1.165, 1.54) is 31.6 Å². The van der Waals surface area contributed by atoms with E-state index in [2.05, 4.69) is 62.7 Å². The molecule has 0 atom stereocenters. The summed E-state index contributed by atoms with van der Waals surface area (Å²) in [4.78, 5) is 23.5. The van der Waals surface area contributed by atoms with Gasteiger partial charge in [-0.2, -0.15) is 0 Å². The van der Waals surface area contributed by atoms with E-state index in [0.717, 1.165) is 84.0 Å². The number of aliphatic imine (C=N–C) groups is 1. The van der Waals surface area contributed by atoms with E-state index in [-0.39, 0.29) is 24.0 Å². The van der Waals surface area contributed by atoms with Gasteiger partial charge < -0.3 is 20.4 Å². The number of amides is 1. The first-order valence-electron chi connectivity index (χ1n) is 12.5. The third kappa shape index (κ3) is 10.6. The summed E-state index contributed by atoms with van der Waals surface area (Å²) in [6, 6.07) is 10.8. The highest BCUT2D eigenvalue weighted by Crippen LogP contribution is 2.10. The number of halogens is 1. The van der Waals surface area contributed by atoms with Crippen molar-refractivity contribution in [2.24, 2.45) is 4.99 Å². The van der Waals surface area contributed by atoms with Crippen LogP contribution in [0, 0.1) is 0 Å². The van der Waals surface area contributed by atoms with Crippen molar-refractivity contribution in [1.82, 2.24) is 25.3 Å². The van der Waals surface area contributed by atoms with E-state index in [9.17, 15) is 4.79 Å². The molecule has 0 aromatic heterocycles. The molecule has 1 amide bonds. The minimum Gasteiger partial charge on any atom is -0.357 e. The Hall–Kier alpha value is -1.39. The molecule has 7 nitrogen and oxygen atoms in total. The number of likely N-dealkylation sites (tertiary alicyclic amines) is 1. The molecule has 0 aliphatic carbocycles. The van der Waals surface area contributed by atoms with Crippen LogP contribution >= 0.6 is 24.0 Å². The Morgan fingerprint density at radius 3 is 2.39 bits per heavy atom. The van der Waals surface area contributed by atoms with Gasteiger partial charge in [0.2, 0.25) is 5.91 Å². The van der Waals surface area contributed by atoms with Crippen molar-refractivity contribution < 1.29 is 4.79 Å². The summed E-state index contributed by atoms with van der Waals surface area (Å²) in [7, 11) is 0. The van der Waals surface area contributed by atoms with Crippen molar-refractivity contribution in [2.45, 2.75) is 45.6 Å². The van der Waals surface area contributed by atoms with Crippen molar-refractivity contribution in [3.63, 3.8) is 0 Å². The number of benzene rings is 1. The van der Waals surface area contributed by atoms with Crippen molar-refractivity contribution in [3.05, 3.63) is 35.9 Å². The van der Waals surface area contributed by atoms with Gasteiger partial charge >= 0.3 is 0 Å². The first-order valence-corrected chi connectivity index (χ1v) is 12.5. The molecule has 186 valence electrons. The summed E-state index contributed by atoms with van der Waals surface area (Å²) < 4.78 is 0. The fraction of sp³-hybridized carbons (Fsp3) is 0.680. The Balaban J connectivity index is 0.00000385. The van der Waals surface area contributed by atoms with Gasteiger partial charge in [0.1, 0.15) is 0 Å². The van der Waals surface area contributed by atoms with Gasteiger partial charge in [-0.1, -0.05) is 30.3 Å². The second-order valence-electron chi connectivity index (χ2n) is 8.84. The predicted molar refractivity (Wildman–Crippen MR) is 147 cm³/mol. The first-order chi connectivity index (χ1) is 15.7. The van der Waals surface area contributed by atoms with E-state index in [1.807, 2.05) is 4.90 Å². The fourth-order valence-electron chi connectivity index (χ4n) is 4.41. The van der Waals surface area contributed by atoms with Crippen molar-refractivity contribution in [1.29, 1.82) is 0 Å². The maximum atomic E-state index is 11.7. The molecular weight excluding hydrogens is 527 g/mol. The summed E-state index contributed by atoms with van der Waals surface area (Å²) in [5.74, 6) is 1.20. The molecule has 0 radical (unpaired) electrons. The SMILES string of the molecule is CCNC(=NCCCN1CCCC1=O)NCCCCN1CCN(Cc2ccccc2)CC1.I. The average molecular weight is 571 g/mol. The largest absolute Gasteiger partial charge is 0.357 e. The van der Waals surface area contributed by atoms with Crippen LogP contribution in [0.5, 0.6) is 0 Å². The molecule has 3 rings (SSSR count). The summed E-state index contributed by atoms with van der Waals surface area (Å²) in [6.45, 7) is 13.3. The number of guanidine groups is 1. The Morgan fingerprint density at radius 2 is 1.70 bits per heavy atom. The Kier molecular flexibility index (Phi) is 13.7. The van der Waals surface area contributed by atoms with Gasteiger partial charge in [-0.25, -0.2) is 0 Å². The molecule has 8 heteroatoms. The highest BCUT2D eigenvalue weighted by Gasteiger charge is 2.19. The lowest BCUT2D eigenvalue weighted by Crippen LogP contribution is -2.46. The molecule has 2 aliphatic heterocycles. The zero-order valence-corrected chi connectivity index (χ0v) is 22.6. The van der Waals surface area contributed by atoms with Gasteiger partial charge in [0.05, 0.1) is 0 Å². The van der Waals surface area contributed by atoms with E-state index in [0.29, 0.717) is 5.91 Å². The minimum atomic E-state index is 0. The molecule has 1 aromatic carbocycles. The molecule has 0 bridgehead atoms. The monoisotopic (exact) mass is 570 g/mol. The maximum Gasteiger partial charge on any atom is 0.222 e. The number of hydrogen-bond donors (Lipinski definition) is 2. The van der Waals surface area contributed by atoms with Gasteiger partial charge in [0.15, 0.2) is 5.96 Å². The van der Waals surface area contributed by atoms with Gasteiger partial charge in [0.25, 0.3) is 0 Å². The number of hydrogen-bond acceptors (Lipinski definition) is 4. The molecule has 0 saturated carbocycles. The highest BCUT2D eigenvalue weighted by atomic mass is 127. The van der Waals surface area contributed by atoms with Crippen LogP contribution in [0.2, 0.25) is 0 Å². The Morgan fingerprint density at radius 1 is 0.939 bits per heavy atom. The summed E-state index contributed by atoms with van der Waals surface area (Å²) in [5, 5.41) is 6.79. The topological polar surface area (TPSA) is 63.2 Å². The van der Waals surface area contributed by atoms with Crippen molar-refractivity contribution in [3.8, 4) is 0 Å². The van der Waals surface area contributed by atoms with Gasteiger partial charge in [-0.15, -0.1) is 24.0 Å². The molecule has 2 fully saturated rings. The number of rotatable bonds is 12. The third-order valence-electron chi connectivity index (χ3n) is 6.28. The molecule has 0 spiro atoms. The molecule has 2 N–H and O–H groups in total. The summed E-state index contributed by atoms with van der Waals surface area (Å²) in [5.41, 5.74) is 1.41. The maximum absolute atomic E-state index is 11.7. The second-order valence-corrected chi connectivity index (χ2v) is 8.84. The molecule has 2 heterocycles. The lowest BCUT2D eigenvalue weighted by atomic mass is 10.2. The molecule has 33 heavy (non-hydrogen) atoms. The van der Waals surface area contributed by atoms with Crippen LogP contribution in [0.15, 0.2) is 35.3 Å². The summed E-state index contributed by atoms with van der Waals surface area (Å²) in [6.07, 6.45) is 5.02. The van der Waals surface area contributed by atoms with Crippen LogP contribution in [0.25, 0.3) is 0 Å². The Bertz CT molecular complexity index is 693. The smallest absolute Gasteiger partial charge is 0.222 e. The standard InChI is InChI=1S/C25H42N6O.HI/c1-2-26-25(28-14-9-17-31-16-8-12-24(31)32)27-13-6-7-15-29-18-20-30(21-19-29)22-23-10-4-3-5-11-23;/h3-5,10-11H,2,6-9,12-22H2,1H3,(H2,26,27,28);1H. The van der Waals surface area contributed by atoms with E-state index >= 15 is 0 Å². The number of carbonyl (C=O) groups is 1. The van der Waals surface area contributed by atoms with Crippen LogP contribution in [-0.2, 0) is 11.3 Å².